The van der Waals surface area contributed by atoms with E-state index in [0.717, 1.165) is 34.7 Å². The van der Waals surface area contributed by atoms with Crippen molar-refractivity contribution in [2.75, 3.05) is 13.2 Å². The quantitative estimate of drug-likeness (QED) is 0.781. The van der Waals surface area contributed by atoms with Gasteiger partial charge in [0.05, 0.1) is 18.5 Å². The number of carbonyl (C=O) groups excluding carboxylic acids is 1. The monoisotopic (exact) mass is 375 g/mol. The Morgan fingerprint density at radius 3 is 2.69 bits per heavy atom. The molecule has 5 heteroatoms. The van der Waals surface area contributed by atoms with E-state index in [1.165, 1.54) is 25.7 Å². The van der Waals surface area contributed by atoms with E-state index in [2.05, 4.69) is 12.2 Å². The van der Waals surface area contributed by atoms with Gasteiger partial charge in [-0.25, -0.2) is 0 Å². The third-order valence-electron chi connectivity index (χ3n) is 6.21. The number of benzene rings is 1. The molecule has 2 fully saturated rings. The van der Waals surface area contributed by atoms with Crippen LogP contribution < -0.4 is 14.8 Å². The molecule has 5 atom stereocenters. The van der Waals surface area contributed by atoms with Crippen LogP contribution in [-0.4, -0.2) is 30.4 Å². The van der Waals surface area contributed by atoms with Crippen LogP contribution in [0, 0.1) is 17.8 Å². The average molecular weight is 376 g/mol. The number of hydrogen-bond donors (Lipinski definition) is 1. The molecule has 0 radical (unpaired) electrons. The molecule has 4 nitrogen and oxygen atoms in total. The predicted molar refractivity (Wildman–Crippen MR) is 104 cm³/mol. The summed E-state index contributed by atoms with van der Waals surface area (Å²) in [6.45, 7) is 5.54. The predicted octanol–water partition coefficient (Wildman–Crippen LogP) is 4.27. The number of hydrogen-bond acceptors (Lipinski definition) is 4. The van der Waals surface area contributed by atoms with Crippen molar-refractivity contribution >= 4 is 17.7 Å². The maximum absolute atomic E-state index is 12.7. The minimum atomic E-state index is -0.124. The van der Waals surface area contributed by atoms with Gasteiger partial charge in [-0.2, -0.15) is 0 Å². The SMILES string of the molecule is CC(Sc1ccc2c(c1)OCCCO2)C(=O)NC(C)C1CC2CCC1C2. The third kappa shape index (κ3) is 3.83. The van der Waals surface area contributed by atoms with E-state index in [1.807, 2.05) is 25.1 Å². The molecule has 0 spiro atoms. The Morgan fingerprint density at radius 1 is 1.15 bits per heavy atom. The minimum absolute atomic E-state index is 0.124. The second kappa shape index (κ2) is 7.71. The normalized spacial score (nSPS) is 29.1. The van der Waals surface area contributed by atoms with Crippen LogP contribution in [0.25, 0.3) is 0 Å². The average Bonchev–Trinajstić information content (AvgIpc) is 3.19. The summed E-state index contributed by atoms with van der Waals surface area (Å²) in [5, 5.41) is 3.16. The highest BCUT2D eigenvalue weighted by atomic mass is 32.2. The van der Waals surface area contributed by atoms with E-state index in [9.17, 15) is 4.79 Å². The fourth-order valence-corrected chi connectivity index (χ4v) is 5.73. The summed E-state index contributed by atoms with van der Waals surface area (Å²) >= 11 is 1.58. The maximum atomic E-state index is 12.7. The van der Waals surface area contributed by atoms with Crippen molar-refractivity contribution < 1.29 is 14.3 Å². The Hall–Kier alpha value is -1.36. The van der Waals surface area contributed by atoms with E-state index >= 15 is 0 Å². The van der Waals surface area contributed by atoms with E-state index in [-0.39, 0.29) is 17.2 Å². The van der Waals surface area contributed by atoms with Crippen molar-refractivity contribution in [3.63, 3.8) is 0 Å². The molecule has 5 unspecified atom stereocenters. The van der Waals surface area contributed by atoms with Crippen LogP contribution in [0.15, 0.2) is 23.1 Å². The van der Waals surface area contributed by atoms with E-state index in [0.29, 0.717) is 19.1 Å². The first-order chi connectivity index (χ1) is 12.6. The van der Waals surface area contributed by atoms with Gasteiger partial charge in [-0.1, -0.05) is 6.42 Å². The summed E-state index contributed by atoms with van der Waals surface area (Å²) in [5.74, 6) is 4.15. The lowest BCUT2D eigenvalue weighted by Gasteiger charge is -2.29. The van der Waals surface area contributed by atoms with Gasteiger partial charge < -0.3 is 14.8 Å². The molecule has 2 aliphatic carbocycles. The van der Waals surface area contributed by atoms with Gasteiger partial charge in [0.1, 0.15) is 0 Å². The van der Waals surface area contributed by atoms with Gasteiger partial charge in [0.25, 0.3) is 0 Å². The van der Waals surface area contributed by atoms with Crippen molar-refractivity contribution in [3.05, 3.63) is 18.2 Å². The summed E-state index contributed by atoms with van der Waals surface area (Å²) < 4.78 is 11.4. The molecule has 1 aliphatic heterocycles. The number of thioether (sulfide) groups is 1. The maximum Gasteiger partial charge on any atom is 0.233 e. The second-order valence-electron chi connectivity index (χ2n) is 8.06. The van der Waals surface area contributed by atoms with Gasteiger partial charge in [0.15, 0.2) is 11.5 Å². The van der Waals surface area contributed by atoms with Crippen LogP contribution >= 0.6 is 11.8 Å². The highest BCUT2D eigenvalue weighted by Crippen LogP contribution is 2.49. The Morgan fingerprint density at radius 2 is 1.96 bits per heavy atom. The number of rotatable bonds is 5. The summed E-state index contributed by atoms with van der Waals surface area (Å²) in [5.41, 5.74) is 0. The van der Waals surface area contributed by atoms with Crippen LogP contribution in [0.1, 0.15) is 46.0 Å². The first kappa shape index (κ1) is 18.0. The number of ether oxygens (including phenoxy) is 2. The first-order valence-electron chi connectivity index (χ1n) is 9.97. The van der Waals surface area contributed by atoms with Crippen molar-refractivity contribution in [3.8, 4) is 11.5 Å². The highest BCUT2D eigenvalue weighted by molar-refractivity contribution is 8.00. The van der Waals surface area contributed by atoms with Gasteiger partial charge in [0, 0.05) is 17.4 Å². The summed E-state index contributed by atoms with van der Waals surface area (Å²) in [4.78, 5) is 13.7. The fraction of sp³-hybridized carbons (Fsp3) is 0.667. The third-order valence-corrected chi connectivity index (χ3v) is 7.30. The lowest BCUT2D eigenvalue weighted by atomic mass is 9.84. The Labute approximate surface area is 160 Å². The van der Waals surface area contributed by atoms with Gasteiger partial charge in [0.2, 0.25) is 5.91 Å². The van der Waals surface area contributed by atoms with Crippen LogP contribution in [0.3, 0.4) is 0 Å². The Balaban J connectivity index is 1.33. The molecule has 1 aromatic carbocycles. The molecular weight excluding hydrogens is 346 g/mol. The zero-order chi connectivity index (χ0) is 18.1. The van der Waals surface area contributed by atoms with Gasteiger partial charge in [-0.05, 0) is 69.1 Å². The number of carbonyl (C=O) groups is 1. The minimum Gasteiger partial charge on any atom is -0.490 e. The molecule has 1 aromatic rings. The smallest absolute Gasteiger partial charge is 0.233 e. The molecule has 0 aromatic heterocycles. The second-order valence-corrected chi connectivity index (χ2v) is 9.47. The molecule has 1 heterocycles. The Bertz CT molecular complexity index is 665. The first-order valence-corrected chi connectivity index (χ1v) is 10.8. The van der Waals surface area contributed by atoms with Crippen molar-refractivity contribution in [2.24, 2.45) is 17.8 Å². The zero-order valence-corrected chi connectivity index (χ0v) is 16.5. The van der Waals surface area contributed by atoms with E-state index < -0.39 is 0 Å². The summed E-state index contributed by atoms with van der Waals surface area (Å²) in [6.07, 6.45) is 6.34. The lowest BCUT2D eigenvalue weighted by Crippen LogP contribution is -2.43. The molecule has 3 aliphatic rings. The Kier molecular flexibility index (Phi) is 5.35. The molecule has 2 bridgehead atoms. The lowest BCUT2D eigenvalue weighted by molar-refractivity contribution is -0.121. The van der Waals surface area contributed by atoms with Gasteiger partial charge >= 0.3 is 0 Å². The summed E-state index contributed by atoms with van der Waals surface area (Å²) in [6, 6.07) is 6.24. The largest absolute Gasteiger partial charge is 0.490 e. The highest BCUT2D eigenvalue weighted by Gasteiger charge is 2.42. The van der Waals surface area contributed by atoms with Crippen LogP contribution in [0.4, 0.5) is 0 Å². The molecule has 2 saturated carbocycles. The van der Waals surface area contributed by atoms with Crippen molar-refractivity contribution in [1.82, 2.24) is 5.32 Å². The van der Waals surface area contributed by atoms with Gasteiger partial charge in [-0.15, -0.1) is 11.8 Å². The number of nitrogens with one attached hydrogen (secondary N) is 1. The molecule has 0 saturated heterocycles. The fourth-order valence-electron chi connectivity index (χ4n) is 4.83. The molecular formula is C21H29NO3S. The standard InChI is InChI=1S/C21H29NO3S/c1-13(18-11-15-4-5-16(18)10-15)22-21(23)14(2)26-17-6-7-19-20(12-17)25-9-3-8-24-19/h6-7,12-16,18H,3-5,8-11H2,1-2H3,(H,22,23). The van der Waals surface area contributed by atoms with Crippen molar-refractivity contribution in [2.45, 2.75) is 62.1 Å². The summed E-state index contributed by atoms with van der Waals surface area (Å²) in [7, 11) is 0. The zero-order valence-electron chi connectivity index (χ0n) is 15.7. The van der Waals surface area contributed by atoms with E-state index in [4.69, 9.17) is 9.47 Å². The van der Waals surface area contributed by atoms with E-state index in [1.54, 1.807) is 11.8 Å². The van der Waals surface area contributed by atoms with Crippen molar-refractivity contribution in [1.29, 1.82) is 0 Å². The number of fused-ring (bicyclic) bond motifs is 3. The van der Waals surface area contributed by atoms with Gasteiger partial charge in [-0.3, -0.25) is 4.79 Å². The van der Waals surface area contributed by atoms with Crippen LogP contribution in [-0.2, 0) is 4.79 Å². The van der Waals surface area contributed by atoms with Crippen LogP contribution in [0.2, 0.25) is 0 Å². The van der Waals surface area contributed by atoms with Crippen LogP contribution in [0.5, 0.6) is 11.5 Å². The molecule has 1 amide bonds. The molecule has 26 heavy (non-hydrogen) atoms. The molecule has 142 valence electrons. The molecule has 4 rings (SSSR count). The number of amides is 1. The topological polar surface area (TPSA) is 47.6 Å². The molecule has 1 N–H and O–H groups in total.